The van der Waals surface area contributed by atoms with Gasteiger partial charge in [-0.1, -0.05) is 40.0 Å². The molecule has 1 atom stereocenters. The fourth-order valence-electron chi connectivity index (χ4n) is 2.42. The fourth-order valence-corrected chi connectivity index (χ4v) is 2.42. The van der Waals surface area contributed by atoms with Crippen LogP contribution >= 0.6 is 0 Å². The summed E-state index contributed by atoms with van der Waals surface area (Å²) in [6, 6.07) is 0. The molecule has 1 aliphatic carbocycles. The Kier molecular flexibility index (Phi) is 3.78. The van der Waals surface area contributed by atoms with Crippen LogP contribution in [-0.2, 0) is 0 Å². The molecule has 0 aliphatic heterocycles. The Hall–Kier alpha value is -0.0400. The second kappa shape index (κ2) is 4.45. The monoisotopic (exact) mass is 184 g/mol. The molecule has 0 saturated heterocycles. The van der Waals surface area contributed by atoms with Gasteiger partial charge >= 0.3 is 0 Å². The maximum Gasteiger partial charge on any atom is 0.0596 e. The molecular formula is C12H24O. The topological polar surface area (TPSA) is 20.2 Å². The summed E-state index contributed by atoms with van der Waals surface area (Å²) in [5, 5.41) is 10.1. The summed E-state index contributed by atoms with van der Waals surface area (Å²) in [6.45, 7) is 6.64. The largest absolute Gasteiger partial charge is 0.393 e. The van der Waals surface area contributed by atoms with E-state index in [2.05, 4.69) is 20.8 Å². The molecule has 0 spiro atoms. The molecule has 0 amide bonds. The van der Waals surface area contributed by atoms with Gasteiger partial charge in [-0.05, 0) is 30.6 Å². The van der Waals surface area contributed by atoms with E-state index in [0.29, 0.717) is 5.92 Å². The zero-order valence-corrected chi connectivity index (χ0v) is 9.34. The lowest BCUT2D eigenvalue weighted by atomic mass is 9.70. The van der Waals surface area contributed by atoms with Crippen LogP contribution < -0.4 is 0 Å². The molecule has 1 nitrogen and oxygen atoms in total. The second-order valence-electron chi connectivity index (χ2n) is 5.36. The van der Waals surface area contributed by atoms with Gasteiger partial charge in [0.05, 0.1) is 6.10 Å². The first kappa shape index (κ1) is 11.0. The van der Waals surface area contributed by atoms with E-state index in [4.69, 9.17) is 0 Å². The van der Waals surface area contributed by atoms with Crippen molar-refractivity contribution in [2.45, 2.75) is 65.4 Å². The first-order valence-electron chi connectivity index (χ1n) is 5.73. The SMILES string of the molecule is CC(C)CC(O)C1(C)CCCCC1. The molecule has 1 unspecified atom stereocenters. The van der Waals surface area contributed by atoms with Gasteiger partial charge in [-0.25, -0.2) is 0 Å². The Bertz CT molecular complexity index is 145. The lowest BCUT2D eigenvalue weighted by Gasteiger charge is -2.38. The Morgan fingerprint density at radius 3 is 2.15 bits per heavy atom. The highest BCUT2D eigenvalue weighted by Crippen LogP contribution is 2.40. The number of rotatable bonds is 3. The average molecular weight is 184 g/mol. The van der Waals surface area contributed by atoms with Crippen molar-refractivity contribution in [2.24, 2.45) is 11.3 Å². The van der Waals surface area contributed by atoms with Gasteiger partial charge in [0.2, 0.25) is 0 Å². The van der Waals surface area contributed by atoms with Crippen LogP contribution in [-0.4, -0.2) is 11.2 Å². The molecule has 78 valence electrons. The summed E-state index contributed by atoms with van der Waals surface area (Å²) < 4.78 is 0. The summed E-state index contributed by atoms with van der Waals surface area (Å²) in [5.74, 6) is 0.619. The van der Waals surface area contributed by atoms with Gasteiger partial charge in [0.15, 0.2) is 0 Å². The van der Waals surface area contributed by atoms with E-state index < -0.39 is 0 Å². The van der Waals surface area contributed by atoms with Crippen LogP contribution in [0.3, 0.4) is 0 Å². The maximum absolute atomic E-state index is 10.1. The standard InChI is InChI=1S/C12H24O/c1-10(2)9-11(13)12(3)7-5-4-6-8-12/h10-11,13H,4-9H2,1-3H3. The molecule has 0 aromatic rings. The number of aliphatic hydroxyl groups is 1. The molecule has 1 fully saturated rings. The van der Waals surface area contributed by atoms with Gasteiger partial charge in [0.25, 0.3) is 0 Å². The molecule has 1 N–H and O–H groups in total. The molecule has 0 heterocycles. The van der Waals surface area contributed by atoms with Gasteiger partial charge in [-0.2, -0.15) is 0 Å². The van der Waals surface area contributed by atoms with Crippen LogP contribution in [0.2, 0.25) is 0 Å². The average Bonchev–Trinajstić information content (AvgIpc) is 2.04. The summed E-state index contributed by atoms with van der Waals surface area (Å²) in [6.07, 6.45) is 7.33. The smallest absolute Gasteiger partial charge is 0.0596 e. The summed E-state index contributed by atoms with van der Waals surface area (Å²) in [5.41, 5.74) is 0.225. The van der Waals surface area contributed by atoms with E-state index >= 15 is 0 Å². The predicted octanol–water partition coefficient (Wildman–Crippen LogP) is 3.36. The number of hydrogen-bond acceptors (Lipinski definition) is 1. The molecule has 1 rings (SSSR count). The van der Waals surface area contributed by atoms with Gasteiger partial charge in [0, 0.05) is 0 Å². The third-order valence-corrected chi connectivity index (χ3v) is 3.49. The van der Waals surface area contributed by atoms with Gasteiger partial charge < -0.3 is 5.11 Å². The van der Waals surface area contributed by atoms with Crippen LogP contribution in [0.15, 0.2) is 0 Å². The van der Waals surface area contributed by atoms with Crippen molar-refractivity contribution in [2.75, 3.05) is 0 Å². The Labute approximate surface area is 82.5 Å². The Morgan fingerprint density at radius 2 is 1.69 bits per heavy atom. The van der Waals surface area contributed by atoms with Crippen molar-refractivity contribution < 1.29 is 5.11 Å². The van der Waals surface area contributed by atoms with E-state index in [1.807, 2.05) is 0 Å². The van der Waals surface area contributed by atoms with Crippen molar-refractivity contribution in [3.63, 3.8) is 0 Å². The van der Waals surface area contributed by atoms with Crippen molar-refractivity contribution in [1.82, 2.24) is 0 Å². The van der Waals surface area contributed by atoms with E-state index in [1.54, 1.807) is 0 Å². The third kappa shape index (κ3) is 2.98. The third-order valence-electron chi connectivity index (χ3n) is 3.49. The minimum Gasteiger partial charge on any atom is -0.393 e. The molecule has 0 bridgehead atoms. The highest BCUT2D eigenvalue weighted by molar-refractivity contribution is 4.85. The van der Waals surface area contributed by atoms with Crippen molar-refractivity contribution >= 4 is 0 Å². The van der Waals surface area contributed by atoms with E-state index in [9.17, 15) is 5.11 Å². The van der Waals surface area contributed by atoms with Gasteiger partial charge in [-0.15, -0.1) is 0 Å². The first-order valence-corrected chi connectivity index (χ1v) is 5.73. The maximum atomic E-state index is 10.1. The zero-order chi connectivity index (χ0) is 9.90. The van der Waals surface area contributed by atoms with Crippen molar-refractivity contribution in [1.29, 1.82) is 0 Å². The normalized spacial score (nSPS) is 24.7. The summed E-state index contributed by atoms with van der Waals surface area (Å²) in [4.78, 5) is 0. The number of hydrogen-bond donors (Lipinski definition) is 1. The minimum atomic E-state index is -0.0761. The minimum absolute atomic E-state index is 0.0761. The van der Waals surface area contributed by atoms with Crippen LogP contribution in [0, 0.1) is 11.3 Å². The second-order valence-corrected chi connectivity index (χ2v) is 5.36. The summed E-state index contributed by atoms with van der Waals surface area (Å²) in [7, 11) is 0. The van der Waals surface area contributed by atoms with E-state index in [-0.39, 0.29) is 11.5 Å². The Morgan fingerprint density at radius 1 is 1.15 bits per heavy atom. The molecule has 1 aliphatic rings. The van der Waals surface area contributed by atoms with E-state index in [1.165, 1.54) is 32.1 Å². The Balaban J connectivity index is 2.46. The predicted molar refractivity (Wildman–Crippen MR) is 56.7 cm³/mol. The van der Waals surface area contributed by atoms with E-state index in [0.717, 1.165) is 6.42 Å². The molecule has 1 saturated carbocycles. The van der Waals surface area contributed by atoms with Gasteiger partial charge in [-0.3, -0.25) is 0 Å². The molecule has 0 aromatic carbocycles. The molecule has 13 heavy (non-hydrogen) atoms. The van der Waals surface area contributed by atoms with Crippen LogP contribution in [0.1, 0.15) is 59.3 Å². The van der Waals surface area contributed by atoms with Crippen LogP contribution in [0.5, 0.6) is 0 Å². The van der Waals surface area contributed by atoms with Gasteiger partial charge in [0.1, 0.15) is 0 Å². The van der Waals surface area contributed by atoms with Crippen molar-refractivity contribution in [3.8, 4) is 0 Å². The highest BCUT2D eigenvalue weighted by Gasteiger charge is 2.34. The lowest BCUT2D eigenvalue weighted by molar-refractivity contribution is -0.00345. The highest BCUT2D eigenvalue weighted by atomic mass is 16.3. The zero-order valence-electron chi connectivity index (χ0n) is 9.34. The molecule has 0 aromatic heterocycles. The first-order chi connectivity index (χ1) is 6.04. The van der Waals surface area contributed by atoms with Crippen molar-refractivity contribution in [3.05, 3.63) is 0 Å². The summed E-state index contributed by atoms with van der Waals surface area (Å²) >= 11 is 0. The van der Waals surface area contributed by atoms with Crippen LogP contribution in [0.25, 0.3) is 0 Å². The molecular weight excluding hydrogens is 160 g/mol. The lowest BCUT2D eigenvalue weighted by Crippen LogP contribution is -2.35. The fraction of sp³-hybridized carbons (Fsp3) is 1.00. The quantitative estimate of drug-likeness (QED) is 0.713. The van der Waals surface area contributed by atoms with Crippen LogP contribution in [0.4, 0.5) is 0 Å². The molecule has 0 radical (unpaired) electrons. The molecule has 1 heteroatoms. The number of aliphatic hydroxyl groups excluding tert-OH is 1.